The Bertz CT molecular complexity index is 506. The molecule has 2 N–H and O–H groups in total. The van der Waals surface area contributed by atoms with E-state index in [0.717, 1.165) is 37.8 Å². The molecule has 3 atom stereocenters. The van der Waals surface area contributed by atoms with Gasteiger partial charge in [0, 0.05) is 13.1 Å². The lowest BCUT2D eigenvalue weighted by Gasteiger charge is -2.33. The van der Waals surface area contributed by atoms with Gasteiger partial charge in [-0.3, -0.25) is 9.69 Å². The maximum Gasteiger partial charge on any atom is 0.237 e. The van der Waals surface area contributed by atoms with E-state index in [1.165, 1.54) is 12.1 Å². The first kappa shape index (κ1) is 17.9. The molecule has 0 bridgehead atoms. The van der Waals surface area contributed by atoms with Crippen molar-refractivity contribution in [2.75, 3.05) is 13.6 Å². The minimum absolute atomic E-state index is 0.0536. The van der Waals surface area contributed by atoms with Crippen molar-refractivity contribution in [3.8, 4) is 0 Å². The molecule has 0 radical (unpaired) electrons. The summed E-state index contributed by atoms with van der Waals surface area (Å²) in [6.45, 7) is 2.99. The van der Waals surface area contributed by atoms with Gasteiger partial charge in [-0.25, -0.2) is 4.39 Å². The highest BCUT2D eigenvalue weighted by atomic mass is 19.1. The van der Waals surface area contributed by atoms with Crippen LogP contribution in [0, 0.1) is 11.7 Å². The highest BCUT2D eigenvalue weighted by molar-refractivity contribution is 5.81. The van der Waals surface area contributed by atoms with E-state index in [4.69, 9.17) is 0 Å². The van der Waals surface area contributed by atoms with Gasteiger partial charge in [0.2, 0.25) is 5.91 Å². The number of hydrogen-bond acceptors (Lipinski definition) is 3. The van der Waals surface area contributed by atoms with Crippen molar-refractivity contribution in [1.82, 2.24) is 10.2 Å². The number of benzene rings is 1. The van der Waals surface area contributed by atoms with E-state index in [9.17, 15) is 14.3 Å². The summed E-state index contributed by atoms with van der Waals surface area (Å²) in [5.41, 5.74) is 0.873. The number of aliphatic hydroxyl groups is 1. The third kappa shape index (κ3) is 5.29. The first-order chi connectivity index (χ1) is 11.0. The van der Waals surface area contributed by atoms with Crippen LogP contribution in [0.15, 0.2) is 24.3 Å². The van der Waals surface area contributed by atoms with Crippen molar-refractivity contribution >= 4 is 5.91 Å². The Morgan fingerprint density at radius 2 is 2.00 bits per heavy atom. The maximum absolute atomic E-state index is 12.9. The third-order valence-electron chi connectivity index (χ3n) is 4.81. The first-order valence-electron chi connectivity index (χ1n) is 8.38. The quantitative estimate of drug-likeness (QED) is 0.845. The lowest BCUT2D eigenvalue weighted by atomic mass is 9.86. The van der Waals surface area contributed by atoms with Crippen LogP contribution in [0.5, 0.6) is 0 Å². The van der Waals surface area contributed by atoms with Gasteiger partial charge in [-0.05, 0) is 50.4 Å². The molecule has 1 aliphatic carbocycles. The van der Waals surface area contributed by atoms with Gasteiger partial charge in [0.15, 0.2) is 0 Å². The van der Waals surface area contributed by atoms with Gasteiger partial charge in [-0.1, -0.05) is 25.0 Å². The van der Waals surface area contributed by atoms with E-state index in [2.05, 4.69) is 5.32 Å². The Balaban J connectivity index is 1.79. The molecule has 128 valence electrons. The van der Waals surface area contributed by atoms with Crippen molar-refractivity contribution < 1.29 is 14.3 Å². The molecule has 0 heterocycles. The largest absolute Gasteiger partial charge is 0.393 e. The molecule has 23 heavy (non-hydrogen) atoms. The predicted molar refractivity (Wildman–Crippen MR) is 88.3 cm³/mol. The zero-order chi connectivity index (χ0) is 16.8. The second kappa shape index (κ2) is 8.41. The molecule has 1 fully saturated rings. The highest BCUT2D eigenvalue weighted by Crippen LogP contribution is 2.25. The summed E-state index contributed by atoms with van der Waals surface area (Å²) in [5.74, 6) is -0.0811. The number of likely N-dealkylation sites (N-methyl/N-ethyl adjacent to an activating group) is 1. The topological polar surface area (TPSA) is 52.6 Å². The smallest absolute Gasteiger partial charge is 0.237 e. The predicted octanol–water partition coefficient (Wildman–Crippen LogP) is 2.31. The number of rotatable bonds is 6. The van der Waals surface area contributed by atoms with E-state index < -0.39 is 0 Å². The molecule has 0 aliphatic heterocycles. The molecule has 1 amide bonds. The van der Waals surface area contributed by atoms with Gasteiger partial charge in [0.25, 0.3) is 0 Å². The van der Waals surface area contributed by atoms with Crippen molar-refractivity contribution in [1.29, 1.82) is 0 Å². The van der Waals surface area contributed by atoms with E-state index in [-0.39, 0.29) is 29.8 Å². The summed E-state index contributed by atoms with van der Waals surface area (Å²) in [6.07, 6.45) is 3.88. The Morgan fingerprint density at radius 3 is 2.65 bits per heavy atom. The second-order valence-corrected chi connectivity index (χ2v) is 6.57. The number of aliphatic hydroxyl groups excluding tert-OH is 1. The number of hydrogen-bond donors (Lipinski definition) is 2. The number of halogens is 1. The highest BCUT2D eigenvalue weighted by Gasteiger charge is 2.27. The minimum Gasteiger partial charge on any atom is -0.393 e. The van der Waals surface area contributed by atoms with Gasteiger partial charge in [-0.2, -0.15) is 0 Å². The maximum atomic E-state index is 12.9. The van der Waals surface area contributed by atoms with E-state index in [1.54, 1.807) is 12.1 Å². The Morgan fingerprint density at radius 1 is 1.35 bits per heavy atom. The first-order valence-corrected chi connectivity index (χ1v) is 8.38. The second-order valence-electron chi connectivity index (χ2n) is 6.57. The van der Waals surface area contributed by atoms with E-state index >= 15 is 0 Å². The molecular formula is C18H27FN2O2. The number of nitrogens with one attached hydrogen (secondary N) is 1. The normalized spacial score (nSPS) is 22.8. The number of nitrogens with zero attached hydrogens (tertiary/aromatic N) is 1. The Kier molecular flexibility index (Phi) is 6.54. The van der Waals surface area contributed by atoms with E-state index in [1.807, 2.05) is 18.9 Å². The van der Waals surface area contributed by atoms with Crippen LogP contribution < -0.4 is 5.32 Å². The Hall–Kier alpha value is -1.46. The molecule has 3 unspecified atom stereocenters. The lowest BCUT2D eigenvalue weighted by molar-refractivity contribution is -0.126. The number of carbonyl (C=O) groups excluding carboxylic acids is 1. The molecule has 2 rings (SSSR count). The molecule has 0 saturated heterocycles. The minimum atomic E-state index is -0.279. The van der Waals surface area contributed by atoms with E-state index in [0.29, 0.717) is 6.54 Å². The van der Waals surface area contributed by atoms with Crippen LogP contribution in [0.2, 0.25) is 0 Å². The van der Waals surface area contributed by atoms with Crippen LogP contribution in [0.3, 0.4) is 0 Å². The van der Waals surface area contributed by atoms with Crippen molar-refractivity contribution in [3.63, 3.8) is 0 Å². The number of carbonyl (C=O) groups is 1. The van der Waals surface area contributed by atoms with Crippen molar-refractivity contribution in [2.45, 2.75) is 51.3 Å². The van der Waals surface area contributed by atoms with Crippen LogP contribution >= 0.6 is 0 Å². The monoisotopic (exact) mass is 322 g/mol. The van der Waals surface area contributed by atoms with Crippen LogP contribution in [-0.2, 0) is 11.3 Å². The van der Waals surface area contributed by atoms with Gasteiger partial charge in [0.1, 0.15) is 5.82 Å². The molecular weight excluding hydrogens is 295 g/mol. The average Bonchev–Trinajstić information content (AvgIpc) is 2.55. The van der Waals surface area contributed by atoms with Crippen LogP contribution in [0.25, 0.3) is 0 Å². The fourth-order valence-electron chi connectivity index (χ4n) is 3.07. The van der Waals surface area contributed by atoms with Gasteiger partial charge in [0.05, 0.1) is 12.1 Å². The summed E-state index contributed by atoms with van der Waals surface area (Å²) in [7, 11) is 1.92. The lowest BCUT2D eigenvalue weighted by Crippen LogP contribution is -2.46. The van der Waals surface area contributed by atoms with Crippen LogP contribution in [-0.4, -0.2) is 41.7 Å². The molecule has 1 aromatic carbocycles. The fraction of sp³-hybridized carbons (Fsp3) is 0.611. The standard InChI is InChI=1S/C18H27FN2O2/c1-13(21(2)12-15-5-3-4-6-17(15)22)18(23)20-11-14-7-9-16(19)10-8-14/h7-10,13,15,17,22H,3-6,11-12H2,1-2H3,(H,20,23). The zero-order valence-electron chi connectivity index (χ0n) is 14.0. The average molecular weight is 322 g/mol. The molecule has 1 aromatic rings. The summed E-state index contributed by atoms with van der Waals surface area (Å²) in [6, 6.07) is 5.86. The molecule has 5 heteroatoms. The van der Waals surface area contributed by atoms with Gasteiger partial charge >= 0.3 is 0 Å². The number of amides is 1. The van der Waals surface area contributed by atoms with Crippen molar-refractivity contribution in [3.05, 3.63) is 35.6 Å². The summed E-state index contributed by atoms with van der Waals surface area (Å²) in [4.78, 5) is 14.3. The zero-order valence-corrected chi connectivity index (χ0v) is 14.0. The summed E-state index contributed by atoms with van der Waals surface area (Å²) >= 11 is 0. The summed E-state index contributed by atoms with van der Waals surface area (Å²) < 4.78 is 12.9. The van der Waals surface area contributed by atoms with Gasteiger partial charge < -0.3 is 10.4 Å². The SMILES string of the molecule is CC(C(=O)NCc1ccc(F)cc1)N(C)CC1CCCCC1O. The third-order valence-corrected chi connectivity index (χ3v) is 4.81. The van der Waals surface area contributed by atoms with Gasteiger partial charge in [-0.15, -0.1) is 0 Å². The molecule has 0 aromatic heterocycles. The molecule has 4 nitrogen and oxygen atoms in total. The van der Waals surface area contributed by atoms with Crippen LogP contribution in [0.4, 0.5) is 4.39 Å². The van der Waals surface area contributed by atoms with Crippen LogP contribution in [0.1, 0.15) is 38.2 Å². The Labute approximate surface area is 137 Å². The fourth-order valence-corrected chi connectivity index (χ4v) is 3.07. The molecule has 1 aliphatic rings. The molecule has 0 spiro atoms. The summed E-state index contributed by atoms with van der Waals surface area (Å²) in [5, 5.41) is 12.9. The molecule has 1 saturated carbocycles. The van der Waals surface area contributed by atoms with Crippen molar-refractivity contribution in [2.24, 2.45) is 5.92 Å².